The summed E-state index contributed by atoms with van der Waals surface area (Å²) in [6, 6.07) is 10.8. The molecule has 2 rings (SSSR count). The van der Waals surface area contributed by atoms with E-state index in [2.05, 4.69) is 9.10 Å². The molecule has 0 atom stereocenters. The van der Waals surface area contributed by atoms with Crippen molar-refractivity contribution in [2.45, 2.75) is 6.92 Å². The quantitative estimate of drug-likeness (QED) is 0.888. The summed E-state index contributed by atoms with van der Waals surface area (Å²) in [5.74, 6) is 0.560. The number of ether oxygens (including phenoxy) is 1. The molecular weight excluding hydrogens is 284 g/mol. The van der Waals surface area contributed by atoms with Gasteiger partial charge < -0.3 is 4.74 Å². The van der Waals surface area contributed by atoms with Gasteiger partial charge in [-0.2, -0.15) is 4.37 Å². The van der Waals surface area contributed by atoms with Crippen LogP contribution in [0.2, 0.25) is 0 Å². The summed E-state index contributed by atoms with van der Waals surface area (Å²) >= 11 is 1.13. The van der Waals surface area contributed by atoms with Crippen LogP contribution in [-0.2, 0) is 10.0 Å². The van der Waals surface area contributed by atoms with Crippen LogP contribution < -0.4 is 9.46 Å². The number of nitrogens with zero attached hydrogens (tertiary/aromatic N) is 1. The lowest BCUT2D eigenvalue weighted by Crippen LogP contribution is -2.20. The fourth-order valence-corrected chi connectivity index (χ4v) is 3.22. The van der Waals surface area contributed by atoms with Crippen LogP contribution in [0.4, 0.5) is 5.00 Å². The van der Waals surface area contributed by atoms with E-state index in [4.69, 9.17) is 4.74 Å². The number of anilines is 1. The average molecular weight is 298 g/mol. The van der Waals surface area contributed by atoms with Gasteiger partial charge in [0, 0.05) is 0 Å². The molecule has 7 heteroatoms. The molecule has 0 amide bonds. The number of sulfonamides is 1. The van der Waals surface area contributed by atoms with Gasteiger partial charge in [-0.3, -0.25) is 4.72 Å². The molecule has 0 spiro atoms. The maximum absolute atomic E-state index is 11.8. The molecule has 0 aliphatic rings. The predicted molar refractivity (Wildman–Crippen MR) is 76.2 cm³/mol. The Hall–Kier alpha value is -1.60. The van der Waals surface area contributed by atoms with E-state index in [1.807, 2.05) is 25.1 Å². The second kappa shape index (κ2) is 6.03. The molecule has 0 saturated heterocycles. The largest absolute Gasteiger partial charge is 0.492 e. The van der Waals surface area contributed by atoms with E-state index >= 15 is 0 Å². The molecule has 1 aromatic heterocycles. The van der Waals surface area contributed by atoms with Crippen molar-refractivity contribution in [1.82, 2.24) is 4.37 Å². The van der Waals surface area contributed by atoms with Gasteiger partial charge in [-0.25, -0.2) is 8.42 Å². The van der Waals surface area contributed by atoms with Gasteiger partial charge in [0.2, 0.25) is 10.0 Å². The molecule has 1 aromatic carbocycles. The van der Waals surface area contributed by atoms with Gasteiger partial charge in [0.05, 0.1) is 5.69 Å². The number of benzene rings is 1. The van der Waals surface area contributed by atoms with Gasteiger partial charge in [0.1, 0.15) is 23.1 Å². The van der Waals surface area contributed by atoms with E-state index in [0.29, 0.717) is 10.8 Å². The number of aryl methyl sites for hydroxylation is 1. The minimum atomic E-state index is -3.40. The fourth-order valence-electron chi connectivity index (χ4n) is 1.40. The van der Waals surface area contributed by atoms with Crippen LogP contribution in [0, 0.1) is 6.92 Å². The summed E-state index contributed by atoms with van der Waals surface area (Å²) in [5.41, 5.74) is 0.795. The number of nitrogens with one attached hydrogen (secondary N) is 1. The topological polar surface area (TPSA) is 68.3 Å². The second-order valence-electron chi connectivity index (χ2n) is 3.91. The van der Waals surface area contributed by atoms with E-state index in [-0.39, 0.29) is 12.4 Å². The van der Waals surface area contributed by atoms with Crippen molar-refractivity contribution < 1.29 is 13.2 Å². The second-order valence-corrected chi connectivity index (χ2v) is 6.56. The van der Waals surface area contributed by atoms with Gasteiger partial charge in [-0.15, -0.1) is 0 Å². The fraction of sp³-hybridized carbons (Fsp3) is 0.250. The molecule has 0 aliphatic carbocycles. The zero-order valence-corrected chi connectivity index (χ0v) is 12.0. The molecule has 0 bridgehead atoms. The summed E-state index contributed by atoms with van der Waals surface area (Å²) in [6.07, 6.45) is 0. The summed E-state index contributed by atoms with van der Waals surface area (Å²) in [7, 11) is -3.40. The van der Waals surface area contributed by atoms with E-state index in [0.717, 1.165) is 17.2 Å². The third kappa shape index (κ3) is 4.53. The summed E-state index contributed by atoms with van der Waals surface area (Å²) < 4.78 is 35.4. The van der Waals surface area contributed by atoms with Crippen molar-refractivity contribution in [2.24, 2.45) is 0 Å². The van der Waals surface area contributed by atoms with Gasteiger partial charge in [0.15, 0.2) is 0 Å². The first-order valence-electron chi connectivity index (χ1n) is 5.67. The van der Waals surface area contributed by atoms with Crippen molar-refractivity contribution in [1.29, 1.82) is 0 Å². The number of hydrogen-bond donors (Lipinski definition) is 1. The van der Waals surface area contributed by atoms with Gasteiger partial charge in [-0.1, -0.05) is 18.2 Å². The van der Waals surface area contributed by atoms with Crippen molar-refractivity contribution in [3.63, 3.8) is 0 Å². The average Bonchev–Trinajstić information content (AvgIpc) is 2.75. The first-order chi connectivity index (χ1) is 9.05. The Morgan fingerprint density at radius 1 is 1.32 bits per heavy atom. The number of aromatic nitrogens is 1. The van der Waals surface area contributed by atoms with E-state index in [1.165, 1.54) is 0 Å². The first-order valence-corrected chi connectivity index (χ1v) is 8.09. The minimum absolute atomic E-state index is 0.0984. The molecule has 1 N–H and O–H groups in total. The summed E-state index contributed by atoms with van der Waals surface area (Å²) in [6.45, 7) is 1.92. The molecule has 5 nitrogen and oxygen atoms in total. The lowest BCUT2D eigenvalue weighted by Gasteiger charge is -2.07. The van der Waals surface area contributed by atoms with Crippen LogP contribution in [0.5, 0.6) is 5.75 Å². The van der Waals surface area contributed by atoms with Crippen LogP contribution in [-0.4, -0.2) is 25.2 Å². The van der Waals surface area contributed by atoms with Crippen LogP contribution in [0.15, 0.2) is 36.4 Å². The molecule has 2 aromatic rings. The zero-order chi connectivity index (χ0) is 13.7. The first kappa shape index (κ1) is 13.8. The highest BCUT2D eigenvalue weighted by molar-refractivity contribution is 7.92. The number of hydrogen-bond acceptors (Lipinski definition) is 5. The highest BCUT2D eigenvalue weighted by Gasteiger charge is 2.12. The van der Waals surface area contributed by atoms with Gasteiger partial charge in [-0.05, 0) is 36.7 Å². The molecule has 1 heterocycles. The molecule has 0 radical (unpaired) electrons. The highest BCUT2D eigenvalue weighted by Crippen LogP contribution is 2.17. The Labute approximate surface area is 116 Å². The van der Waals surface area contributed by atoms with Crippen molar-refractivity contribution in [3.05, 3.63) is 42.1 Å². The van der Waals surface area contributed by atoms with Crippen LogP contribution >= 0.6 is 11.5 Å². The number of para-hydroxylation sites is 1. The molecule has 0 unspecified atom stereocenters. The van der Waals surface area contributed by atoms with Crippen LogP contribution in [0.1, 0.15) is 5.69 Å². The Kier molecular flexibility index (Phi) is 4.39. The Morgan fingerprint density at radius 3 is 2.68 bits per heavy atom. The summed E-state index contributed by atoms with van der Waals surface area (Å²) in [4.78, 5) is 0. The lowest BCUT2D eigenvalue weighted by molar-refractivity contribution is 0.341. The Morgan fingerprint density at radius 2 is 2.05 bits per heavy atom. The van der Waals surface area contributed by atoms with Crippen molar-refractivity contribution in [2.75, 3.05) is 17.1 Å². The molecule has 0 aliphatic heterocycles. The zero-order valence-electron chi connectivity index (χ0n) is 10.4. The lowest BCUT2D eigenvalue weighted by atomic mass is 10.3. The Balaban J connectivity index is 1.84. The molecular formula is C12H14N2O3S2. The van der Waals surface area contributed by atoms with E-state index in [9.17, 15) is 8.42 Å². The van der Waals surface area contributed by atoms with Gasteiger partial charge in [0.25, 0.3) is 0 Å². The Bertz CT molecular complexity index is 623. The standard InChI is InChI=1S/C12H14N2O3S2/c1-10-9-12(18-13-10)14-19(15,16)8-7-17-11-5-3-2-4-6-11/h2-6,9,14H,7-8H2,1H3. The van der Waals surface area contributed by atoms with Crippen LogP contribution in [0.25, 0.3) is 0 Å². The van der Waals surface area contributed by atoms with E-state index < -0.39 is 10.0 Å². The van der Waals surface area contributed by atoms with Crippen molar-refractivity contribution in [3.8, 4) is 5.75 Å². The predicted octanol–water partition coefficient (Wildman–Crippen LogP) is 2.27. The molecule has 102 valence electrons. The SMILES string of the molecule is Cc1cc(NS(=O)(=O)CCOc2ccccc2)sn1. The molecule has 0 saturated carbocycles. The third-order valence-electron chi connectivity index (χ3n) is 2.25. The highest BCUT2D eigenvalue weighted by atomic mass is 32.2. The minimum Gasteiger partial charge on any atom is -0.492 e. The van der Waals surface area contributed by atoms with Crippen LogP contribution in [0.3, 0.4) is 0 Å². The smallest absolute Gasteiger partial charge is 0.236 e. The monoisotopic (exact) mass is 298 g/mol. The normalized spacial score (nSPS) is 11.2. The van der Waals surface area contributed by atoms with Gasteiger partial charge >= 0.3 is 0 Å². The maximum atomic E-state index is 11.8. The van der Waals surface area contributed by atoms with Crippen molar-refractivity contribution >= 4 is 26.6 Å². The molecule has 19 heavy (non-hydrogen) atoms. The maximum Gasteiger partial charge on any atom is 0.236 e. The third-order valence-corrected chi connectivity index (χ3v) is 4.41. The number of rotatable bonds is 6. The van der Waals surface area contributed by atoms with E-state index in [1.54, 1.807) is 18.2 Å². The molecule has 0 fully saturated rings. The summed E-state index contributed by atoms with van der Waals surface area (Å²) in [5, 5.41) is 0.525.